The Kier molecular flexibility index (Phi) is 6.65. The standard InChI is InChI=1S/C14H29N3O/c1-4-12-5-7-17(13(9-12)10-15)8-6-14(18)16-11(2)3/h11-13H,4-10,15H2,1-3H3,(H,16,18). The first-order valence-corrected chi connectivity index (χ1v) is 7.30. The van der Waals surface area contributed by atoms with E-state index in [9.17, 15) is 4.79 Å². The number of nitrogens with one attached hydrogen (secondary N) is 1. The van der Waals surface area contributed by atoms with E-state index in [1.165, 1.54) is 19.3 Å². The van der Waals surface area contributed by atoms with Crippen molar-refractivity contribution in [3.63, 3.8) is 0 Å². The maximum atomic E-state index is 11.6. The fraction of sp³-hybridized carbons (Fsp3) is 0.929. The maximum Gasteiger partial charge on any atom is 0.221 e. The Morgan fingerprint density at radius 1 is 1.50 bits per heavy atom. The third-order valence-electron chi connectivity index (χ3n) is 3.87. The normalized spacial score (nSPS) is 25.4. The van der Waals surface area contributed by atoms with E-state index in [4.69, 9.17) is 5.73 Å². The van der Waals surface area contributed by atoms with Gasteiger partial charge >= 0.3 is 0 Å². The number of nitrogens with zero attached hydrogens (tertiary/aromatic N) is 1. The summed E-state index contributed by atoms with van der Waals surface area (Å²) in [6.07, 6.45) is 4.28. The van der Waals surface area contributed by atoms with Crippen LogP contribution in [-0.4, -0.2) is 42.5 Å². The number of carbonyl (C=O) groups is 1. The second-order valence-electron chi connectivity index (χ2n) is 5.70. The Morgan fingerprint density at radius 3 is 2.78 bits per heavy atom. The molecular formula is C14H29N3O. The first-order valence-electron chi connectivity index (χ1n) is 7.30. The van der Waals surface area contributed by atoms with Gasteiger partial charge in [0.2, 0.25) is 5.91 Å². The lowest BCUT2D eigenvalue weighted by Crippen LogP contribution is -2.47. The highest BCUT2D eigenvalue weighted by Crippen LogP contribution is 2.24. The van der Waals surface area contributed by atoms with Crippen LogP contribution in [0.3, 0.4) is 0 Å². The van der Waals surface area contributed by atoms with E-state index in [2.05, 4.69) is 17.1 Å². The minimum Gasteiger partial charge on any atom is -0.354 e. The molecule has 0 aliphatic carbocycles. The van der Waals surface area contributed by atoms with Gasteiger partial charge in [-0.2, -0.15) is 0 Å². The molecule has 1 rings (SSSR count). The lowest BCUT2D eigenvalue weighted by atomic mass is 9.89. The molecule has 1 aliphatic rings. The molecule has 1 amide bonds. The summed E-state index contributed by atoms with van der Waals surface area (Å²) in [7, 11) is 0. The van der Waals surface area contributed by atoms with Crippen molar-refractivity contribution in [3.8, 4) is 0 Å². The van der Waals surface area contributed by atoms with Crippen LogP contribution in [0.15, 0.2) is 0 Å². The predicted octanol–water partition coefficient (Wildman–Crippen LogP) is 1.35. The van der Waals surface area contributed by atoms with E-state index >= 15 is 0 Å². The second-order valence-corrected chi connectivity index (χ2v) is 5.70. The van der Waals surface area contributed by atoms with E-state index in [1.807, 2.05) is 13.8 Å². The molecule has 4 nitrogen and oxygen atoms in total. The van der Waals surface area contributed by atoms with Gasteiger partial charge in [0.15, 0.2) is 0 Å². The van der Waals surface area contributed by atoms with E-state index in [0.717, 1.165) is 19.0 Å². The third-order valence-corrected chi connectivity index (χ3v) is 3.87. The molecule has 1 heterocycles. The molecule has 1 fully saturated rings. The molecule has 0 aromatic carbocycles. The van der Waals surface area contributed by atoms with Gasteiger partial charge in [-0.15, -0.1) is 0 Å². The Labute approximate surface area is 111 Å². The number of carbonyl (C=O) groups excluding carboxylic acids is 1. The van der Waals surface area contributed by atoms with E-state index in [1.54, 1.807) is 0 Å². The van der Waals surface area contributed by atoms with Gasteiger partial charge in [-0.05, 0) is 39.2 Å². The van der Waals surface area contributed by atoms with Crippen LogP contribution in [0.1, 0.15) is 46.5 Å². The van der Waals surface area contributed by atoms with Crippen LogP contribution in [0.25, 0.3) is 0 Å². The quantitative estimate of drug-likeness (QED) is 0.753. The highest BCUT2D eigenvalue weighted by atomic mass is 16.1. The number of hydrogen-bond donors (Lipinski definition) is 2. The van der Waals surface area contributed by atoms with Gasteiger partial charge in [-0.1, -0.05) is 13.3 Å². The Morgan fingerprint density at radius 2 is 2.22 bits per heavy atom. The molecule has 0 aromatic rings. The van der Waals surface area contributed by atoms with E-state index in [0.29, 0.717) is 19.0 Å². The molecule has 0 radical (unpaired) electrons. The summed E-state index contributed by atoms with van der Waals surface area (Å²) in [6.45, 7) is 8.89. The topological polar surface area (TPSA) is 58.4 Å². The fourth-order valence-electron chi connectivity index (χ4n) is 2.73. The van der Waals surface area contributed by atoms with Gasteiger partial charge in [0.25, 0.3) is 0 Å². The fourth-order valence-corrected chi connectivity index (χ4v) is 2.73. The molecule has 1 aliphatic heterocycles. The van der Waals surface area contributed by atoms with Crippen LogP contribution in [-0.2, 0) is 4.79 Å². The maximum absolute atomic E-state index is 11.6. The smallest absolute Gasteiger partial charge is 0.221 e. The van der Waals surface area contributed by atoms with Crippen molar-refractivity contribution in [3.05, 3.63) is 0 Å². The summed E-state index contributed by atoms with van der Waals surface area (Å²) in [5, 5.41) is 2.94. The molecule has 3 N–H and O–H groups in total. The number of amides is 1. The van der Waals surface area contributed by atoms with Crippen LogP contribution < -0.4 is 11.1 Å². The monoisotopic (exact) mass is 255 g/mol. The molecule has 2 atom stereocenters. The van der Waals surface area contributed by atoms with Gasteiger partial charge in [0.1, 0.15) is 0 Å². The summed E-state index contributed by atoms with van der Waals surface area (Å²) >= 11 is 0. The third kappa shape index (κ3) is 4.94. The summed E-state index contributed by atoms with van der Waals surface area (Å²) in [5.41, 5.74) is 5.86. The molecule has 106 valence electrons. The zero-order chi connectivity index (χ0) is 13.5. The average Bonchev–Trinajstić information content (AvgIpc) is 2.35. The van der Waals surface area contributed by atoms with Crippen molar-refractivity contribution in [1.82, 2.24) is 10.2 Å². The molecule has 0 saturated carbocycles. The van der Waals surface area contributed by atoms with Crippen molar-refractivity contribution in [1.29, 1.82) is 0 Å². The van der Waals surface area contributed by atoms with Crippen molar-refractivity contribution in [2.45, 2.75) is 58.5 Å². The summed E-state index contributed by atoms with van der Waals surface area (Å²) < 4.78 is 0. The number of rotatable bonds is 6. The molecule has 0 bridgehead atoms. The molecule has 18 heavy (non-hydrogen) atoms. The molecule has 1 saturated heterocycles. The SMILES string of the molecule is CCC1CCN(CCC(=O)NC(C)C)C(CN)C1. The minimum atomic E-state index is 0.151. The minimum absolute atomic E-state index is 0.151. The molecule has 0 aromatic heterocycles. The van der Waals surface area contributed by atoms with Crippen LogP contribution in [0.2, 0.25) is 0 Å². The number of hydrogen-bond acceptors (Lipinski definition) is 3. The summed E-state index contributed by atoms with van der Waals surface area (Å²) in [6, 6.07) is 0.698. The van der Waals surface area contributed by atoms with Gasteiger partial charge < -0.3 is 11.1 Å². The average molecular weight is 255 g/mol. The molecular weight excluding hydrogens is 226 g/mol. The summed E-state index contributed by atoms with van der Waals surface area (Å²) in [5.74, 6) is 0.970. The number of nitrogens with two attached hydrogens (primary N) is 1. The molecule has 2 unspecified atom stereocenters. The van der Waals surface area contributed by atoms with Crippen molar-refractivity contribution in [2.75, 3.05) is 19.6 Å². The predicted molar refractivity (Wildman–Crippen MR) is 75.3 cm³/mol. The zero-order valence-corrected chi connectivity index (χ0v) is 12.1. The lowest BCUT2D eigenvalue weighted by molar-refractivity contribution is -0.122. The van der Waals surface area contributed by atoms with Gasteiger partial charge in [-0.25, -0.2) is 0 Å². The number of piperidine rings is 1. The van der Waals surface area contributed by atoms with E-state index in [-0.39, 0.29) is 11.9 Å². The Bertz CT molecular complexity index is 255. The second kappa shape index (κ2) is 7.74. The van der Waals surface area contributed by atoms with Crippen molar-refractivity contribution < 1.29 is 4.79 Å². The first kappa shape index (κ1) is 15.4. The van der Waals surface area contributed by atoms with Gasteiger partial charge in [-0.3, -0.25) is 9.69 Å². The zero-order valence-electron chi connectivity index (χ0n) is 12.1. The molecule has 0 spiro atoms. The van der Waals surface area contributed by atoms with Crippen molar-refractivity contribution in [2.24, 2.45) is 11.7 Å². The van der Waals surface area contributed by atoms with Crippen LogP contribution in [0, 0.1) is 5.92 Å². The van der Waals surface area contributed by atoms with Crippen LogP contribution in [0.5, 0.6) is 0 Å². The van der Waals surface area contributed by atoms with Crippen LogP contribution in [0.4, 0.5) is 0 Å². The molecule has 4 heteroatoms. The largest absolute Gasteiger partial charge is 0.354 e. The first-order chi connectivity index (χ1) is 8.56. The lowest BCUT2D eigenvalue weighted by Gasteiger charge is -2.38. The van der Waals surface area contributed by atoms with Crippen molar-refractivity contribution >= 4 is 5.91 Å². The van der Waals surface area contributed by atoms with E-state index < -0.39 is 0 Å². The number of likely N-dealkylation sites (tertiary alicyclic amines) is 1. The van der Waals surface area contributed by atoms with Gasteiger partial charge in [0.05, 0.1) is 0 Å². The summed E-state index contributed by atoms with van der Waals surface area (Å²) in [4.78, 5) is 14.0. The highest BCUT2D eigenvalue weighted by molar-refractivity contribution is 5.76. The highest BCUT2D eigenvalue weighted by Gasteiger charge is 2.26. The Balaban J connectivity index is 2.34. The van der Waals surface area contributed by atoms with Gasteiger partial charge in [0, 0.05) is 31.6 Å². The Hall–Kier alpha value is -0.610. The van der Waals surface area contributed by atoms with Crippen LogP contribution >= 0.6 is 0 Å².